The molecule has 2 aliphatic rings. The minimum Gasteiger partial charge on any atom is -0.444 e. The first kappa shape index (κ1) is 17.5. The van der Waals surface area contributed by atoms with Gasteiger partial charge in [-0.1, -0.05) is 55.0 Å². The minimum absolute atomic E-state index is 0.427. The van der Waals surface area contributed by atoms with Gasteiger partial charge in [0.25, 0.3) is 0 Å². The molecule has 4 heteroatoms. The number of ether oxygens (including phenoxy) is 1. The van der Waals surface area contributed by atoms with Crippen molar-refractivity contribution in [2.24, 2.45) is 0 Å². The Kier molecular flexibility index (Phi) is 3.88. The Morgan fingerprint density at radius 3 is 2.46 bits per heavy atom. The van der Waals surface area contributed by atoms with E-state index in [1.54, 1.807) is 0 Å². The monoisotopic (exact) mass is 374 g/mol. The van der Waals surface area contributed by atoms with Crippen molar-refractivity contribution < 1.29 is 9.84 Å². The van der Waals surface area contributed by atoms with Crippen LogP contribution in [0.3, 0.4) is 0 Å². The summed E-state index contributed by atoms with van der Waals surface area (Å²) in [6, 6.07) is 18.6. The third-order valence-electron chi connectivity index (χ3n) is 6.67. The van der Waals surface area contributed by atoms with E-state index in [9.17, 15) is 5.11 Å². The van der Waals surface area contributed by atoms with Crippen LogP contribution in [0.5, 0.6) is 5.88 Å². The topological polar surface area (TPSA) is 47.3 Å². The second-order valence-corrected chi connectivity index (χ2v) is 8.29. The van der Waals surface area contributed by atoms with Crippen molar-refractivity contribution in [3.8, 4) is 11.6 Å². The van der Waals surface area contributed by atoms with E-state index in [1.807, 2.05) is 29.8 Å². The Labute approximate surface area is 165 Å². The molecule has 4 nitrogen and oxygen atoms in total. The molecule has 1 aliphatic carbocycles. The van der Waals surface area contributed by atoms with Crippen LogP contribution in [0.1, 0.15) is 48.1 Å². The number of hydrogen-bond acceptors (Lipinski definition) is 3. The number of aromatic nitrogens is 2. The summed E-state index contributed by atoms with van der Waals surface area (Å²) in [5, 5.41) is 16.6. The lowest BCUT2D eigenvalue weighted by atomic mass is 9.61. The van der Waals surface area contributed by atoms with Gasteiger partial charge in [-0.15, -0.1) is 0 Å². The predicted molar refractivity (Wildman–Crippen MR) is 109 cm³/mol. The summed E-state index contributed by atoms with van der Waals surface area (Å²) in [5.41, 5.74) is 4.94. The normalized spacial score (nSPS) is 26.2. The zero-order valence-electron chi connectivity index (χ0n) is 16.5. The van der Waals surface area contributed by atoms with Gasteiger partial charge in [0.1, 0.15) is 0 Å². The molecule has 28 heavy (non-hydrogen) atoms. The number of benzene rings is 2. The highest BCUT2D eigenvalue weighted by Crippen LogP contribution is 2.54. The van der Waals surface area contributed by atoms with Gasteiger partial charge < -0.3 is 9.84 Å². The largest absolute Gasteiger partial charge is 0.444 e. The number of aliphatic hydroxyl groups is 1. The Balaban J connectivity index is 1.70. The van der Waals surface area contributed by atoms with Gasteiger partial charge in [0.05, 0.1) is 16.8 Å². The summed E-state index contributed by atoms with van der Waals surface area (Å²) < 4.78 is 8.38. The number of fused-ring (bicyclic) bond motifs is 2. The number of rotatable bonds is 2. The van der Waals surface area contributed by atoms with Crippen molar-refractivity contribution >= 4 is 0 Å². The third-order valence-corrected chi connectivity index (χ3v) is 6.67. The minimum atomic E-state index is -1.22. The number of para-hydroxylation sites is 1. The molecule has 2 aromatic carbocycles. The van der Waals surface area contributed by atoms with Crippen LogP contribution >= 0.6 is 0 Å². The number of aryl methyl sites for hydroxylation is 2. The fraction of sp³-hybridized carbons (Fsp3) is 0.375. The van der Waals surface area contributed by atoms with Gasteiger partial charge in [-0.25, -0.2) is 4.68 Å². The van der Waals surface area contributed by atoms with Crippen LogP contribution in [-0.4, -0.2) is 20.7 Å². The molecule has 0 unspecified atom stereocenters. The Morgan fingerprint density at radius 2 is 1.68 bits per heavy atom. The summed E-state index contributed by atoms with van der Waals surface area (Å²) in [4.78, 5) is 0. The summed E-state index contributed by atoms with van der Waals surface area (Å²) >= 11 is 0. The maximum absolute atomic E-state index is 11.8. The fourth-order valence-electron chi connectivity index (χ4n) is 5.10. The standard InChI is InChI=1S/C24H26N2O2/c1-17-10-6-7-13-21(17)26-22-20(18(2)25-26)16-23(19-11-4-3-5-12-19)14-8-9-15-24(23,27)28-22/h3-7,10-13,27H,8-9,14-16H2,1-2H3/t23-,24+/m1/s1. The Bertz CT molecular complexity index is 1030. The first-order valence-electron chi connectivity index (χ1n) is 10.2. The Morgan fingerprint density at radius 1 is 0.964 bits per heavy atom. The second kappa shape index (κ2) is 6.21. The zero-order chi connectivity index (χ0) is 19.4. The molecule has 2 heterocycles. The molecule has 0 spiro atoms. The zero-order valence-corrected chi connectivity index (χ0v) is 16.5. The third kappa shape index (κ3) is 2.37. The quantitative estimate of drug-likeness (QED) is 0.712. The highest BCUT2D eigenvalue weighted by atomic mass is 16.6. The van der Waals surface area contributed by atoms with Gasteiger partial charge >= 0.3 is 0 Å². The molecule has 1 aromatic heterocycles. The van der Waals surface area contributed by atoms with E-state index in [1.165, 1.54) is 0 Å². The molecule has 3 aromatic rings. The fourth-order valence-corrected chi connectivity index (χ4v) is 5.10. The van der Waals surface area contributed by atoms with Gasteiger partial charge in [-0.3, -0.25) is 0 Å². The molecule has 0 saturated heterocycles. The van der Waals surface area contributed by atoms with Gasteiger partial charge in [0.2, 0.25) is 11.7 Å². The smallest absolute Gasteiger partial charge is 0.222 e. The van der Waals surface area contributed by atoms with Crippen LogP contribution in [0, 0.1) is 13.8 Å². The first-order chi connectivity index (χ1) is 13.5. The van der Waals surface area contributed by atoms with Crippen molar-refractivity contribution in [3.05, 3.63) is 77.0 Å². The molecule has 2 atom stereocenters. The van der Waals surface area contributed by atoms with E-state index < -0.39 is 11.2 Å². The van der Waals surface area contributed by atoms with Crippen LogP contribution in [0.25, 0.3) is 5.69 Å². The van der Waals surface area contributed by atoms with Gasteiger partial charge in [0.15, 0.2) is 0 Å². The van der Waals surface area contributed by atoms with Crippen molar-refractivity contribution in [1.82, 2.24) is 9.78 Å². The average molecular weight is 374 g/mol. The summed E-state index contributed by atoms with van der Waals surface area (Å²) in [6.45, 7) is 4.12. The van der Waals surface area contributed by atoms with Crippen LogP contribution in [0.15, 0.2) is 54.6 Å². The highest BCUT2D eigenvalue weighted by molar-refractivity contribution is 5.49. The molecule has 0 bridgehead atoms. The molecule has 5 rings (SSSR count). The molecule has 1 aliphatic heterocycles. The van der Waals surface area contributed by atoms with Crippen molar-refractivity contribution in [2.45, 2.75) is 57.2 Å². The molecule has 0 amide bonds. The SMILES string of the molecule is Cc1ccccc1-n1nc(C)c2c1O[C@@]1(O)CCCC[C@]1(c1ccccc1)C2. The van der Waals surface area contributed by atoms with Crippen LogP contribution in [0.2, 0.25) is 0 Å². The highest BCUT2D eigenvalue weighted by Gasteiger charge is 2.59. The number of nitrogens with zero attached hydrogens (tertiary/aromatic N) is 2. The molecule has 144 valence electrons. The van der Waals surface area contributed by atoms with Gasteiger partial charge in [-0.05, 0) is 50.3 Å². The van der Waals surface area contributed by atoms with Crippen LogP contribution < -0.4 is 4.74 Å². The summed E-state index contributed by atoms with van der Waals surface area (Å²) in [7, 11) is 0. The molecular formula is C24H26N2O2. The molecule has 1 saturated carbocycles. The van der Waals surface area contributed by atoms with E-state index >= 15 is 0 Å². The van der Waals surface area contributed by atoms with Gasteiger partial charge in [0, 0.05) is 12.0 Å². The first-order valence-corrected chi connectivity index (χ1v) is 10.2. The Hall–Kier alpha value is -2.59. The van der Waals surface area contributed by atoms with E-state index in [4.69, 9.17) is 9.84 Å². The maximum atomic E-state index is 11.8. The van der Waals surface area contributed by atoms with Crippen molar-refractivity contribution in [1.29, 1.82) is 0 Å². The predicted octanol–water partition coefficient (Wildman–Crippen LogP) is 4.62. The van der Waals surface area contributed by atoms with Crippen LogP contribution in [-0.2, 0) is 11.8 Å². The van der Waals surface area contributed by atoms with Gasteiger partial charge in [-0.2, -0.15) is 5.10 Å². The molecular weight excluding hydrogens is 348 g/mol. The van der Waals surface area contributed by atoms with E-state index in [0.29, 0.717) is 12.3 Å². The lowest BCUT2D eigenvalue weighted by Gasteiger charge is -2.52. The van der Waals surface area contributed by atoms with Crippen molar-refractivity contribution in [3.63, 3.8) is 0 Å². The molecule has 0 radical (unpaired) electrons. The maximum Gasteiger partial charge on any atom is 0.222 e. The van der Waals surface area contributed by atoms with E-state index in [-0.39, 0.29) is 0 Å². The summed E-state index contributed by atoms with van der Waals surface area (Å²) in [5.74, 6) is -0.519. The average Bonchev–Trinajstić information content (AvgIpc) is 3.01. The van der Waals surface area contributed by atoms with E-state index in [0.717, 1.165) is 53.8 Å². The lowest BCUT2D eigenvalue weighted by Crippen LogP contribution is -2.61. The summed E-state index contributed by atoms with van der Waals surface area (Å²) in [6.07, 6.45) is 4.38. The van der Waals surface area contributed by atoms with Crippen molar-refractivity contribution in [2.75, 3.05) is 0 Å². The lowest BCUT2D eigenvalue weighted by molar-refractivity contribution is -0.222. The molecule has 1 fully saturated rings. The second-order valence-electron chi connectivity index (χ2n) is 8.29. The number of hydrogen-bond donors (Lipinski definition) is 1. The molecule has 1 N–H and O–H groups in total. The van der Waals surface area contributed by atoms with Crippen LogP contribution in [0.4, 0.5) is 0 Å². The van der Waals surface area contributed by atoms with E-state index in [2.05, 4.69) is 43.3 Å².